The summed E-state index contributed by atoms with van der Waals surface area (Å²) in [6.07, 6.45) is -25.5. The van der Waals surface area contributed by atoms with Gasteiger partial charge in [0, 0.05) is 79.2 Å². The number of benzene rings is 6. The first-order chi connectivity index (χ1) is 59.1. The van der Waals surface area contributed by atoms with E-state index in [0.717, 1.165) is 83.4 Å². The number of phenols is 3. The third kappa shape index (κ3) is 21.3. The second kappa shape index (κ2) is 38.5. The third-order valence-electron chi connectivity index (χ3n) is 22.1. The summed E-state index contributed by atoms with van der Waals surface area (Å²) in [5, 5.41) is 131. The number of aromatic nitrogens is 2. The van der Waals surface area contributed by atoms with E-state index in [1.54, 1.807) is 13.8 Å². The van der Waals surface area contributed by atoms with E-state index in [2.05, 4.69) is 41.6 Å². The molecule has 0 radical (unpaired) electrons. The topological polar surface area (TPSA) is 554 Å². The fourth-order valence-electron chi connectivity index (χ4n) is 15.7. The molecule has 1 aromatic heterocycles. The molecule has 7 aliphatic heterocycles. The Balaban J connectivity index is 0.975. The lowest BCUT2D eigenvalue weighted by Crippen LogP contribution is -2.65. The Morgan fingerprint density at radius 2 is 1.43 bits per heavy atom. The average Bonchev–Trinajstić information content (AvgIpc) is 0.772. The van der Waals surface area contributed by atoms with E-state index in [9.17, 15) is 93.0 Å². The molecule has 0 saturated carbocycles. The van der Waals surface area contributed by atoms with Crippen LogP contribution in [-0.4, -0.2) is 200 Å². The van der Waals surface area contributed by atoms with Crippen LogP contribution in [0.15, 0.2) is 120 Å². The lowest BCUT2D eigenvalue weighted by molar-refractivity contribution is -0.334. The predicted octanol–water partition coefficient (Wildman–Crippen LogP) is 5.49. The molecular formula is C84H90Cl2F3N9O27. The van der Waals surface area contributed by atoms with Crippen molar-refractivity contribution in [2.24, 2.45) is 23.5 Å². The van der Waals surface area contributed by atoms with Gasteiger partial charge in [-0.15, -0.1) is 13.2 Å². The van der Waals surface area contributed by atoms with Crippen molar-refractivity contribution < 1.29 is 141 Å². The highest BCUT2D eigenvalue weighted by Gasteiger charge is 2.52. The van der Waals surface area contributed by atoms with Crippen molar-refractivity contribution in [1.29, 1.82) is 0 Å². The van der Waals surface area contributed by atoms with E-state index in [-0.39, 0.29) is 70.7 Å². The van der Waals surface area contributed by atoms with Crippen LogP contribution >= 0.6 is 23.2 Å². The number of ketones is 2. The number of aliphatic hydroxyl groups is 6. The van der Waals surface area contributed by atoms with Gasteiger partial charge in [0.15, 0.2) is 41.5 Å². The Morgan fingerprint density at radius 3 is 2.06 bits per heavy atom. The van der Waals surface area contributed by atoms with Gasteiger partial charge in [-0.1, -0.05) is 74.3 Å². The number of phenolic OH excluding ortho intramolecular Hbond substituents is 3. The summed E-state index contributed by atoms with van der Waals surface area (Å²) in [7, 11) is 0. The third-order valence-corrected chi connectivity index (χ3v) is 22.7. The first-order valence-electron chi connectivity index (χ1n) is 39.5. The molecule has 6 amide bonds. The maximum Gasteiger partial charge on any atom is 0.573 e. The first-order valence-corrected chi connectivity index (χ1v) is 40.2. The van der Waals surface area contributed by atoms with Crippen LogP contribution in [0.2, 0.25) is 10.0 Å². The van der Waals surface area contributed by atoms with Crippen molar-refractivity contribution in [3.63, 3.8) is 0 Å². The minimum Gasteiger partial charge on any atom is -0.508 e. The van der Waals surface area contributed by atoms with Crippen LogP contribution in [0, 0.1) is 17.8 Å². The Morgan fingerprint density at radius 1 is 0.760 bits per heavy atom. The minimum absolute atomic E-state index is 0.0529. The second-order valence-electron chi connectivity index (χ2n) is 31.6. The number of nitrogens with zero attached hydrogens (tertiary/aromatic N) is 2. The van der Waals surface area contributed by atoms with Crippen molar-refractivity contribution in [1.82, 2.24) is 36.1 Å². The van der Waals surface area contributed by atoms with Crippen molar-refractivity contribution >= 4 is 82.0 Å². The standard InChI is InChI=1S/C84H90Cl2F3N9O27/c1-6-38(20-35(2)3)76(112)96-67-53(103)26-43(29-60(90)105)77(113)94-65-42-27-57(120-55-14-11-40(69(67)107)24-49(55)85)73(58(28-42)121-56-15-12-41(25-50(56)86)70(108)68-79(115)95-66(80(116)117)48-30-44(100)31-52(102)64(48)47-23-39(10-13-51(47)101)46(32-54(65)104)78(114)97-68)124-81-74(72(110)71(109)59(34-99)122-81)123-63-33-83(5,75(111)36(4)119-63)91-17-19-98-18-16-61(93-82(98)118)92-62(106)22-37-8-7-9-45(21-37)125-84(87,88)89/h7-16,18,21,23-25,27-28,30-31,35-36,38,43,46,59,63,65-72,74-75,81,91,99-102,107-111H,6,17,19-20,22,26,29,32-34H2,1-5H3,(H2,90,105)(H,94,113)(H,95,115)(H,96,112)(H,97,114)(H,116,117)(H,92,93,106,118)/t36-,38+,43-,46+,59+,63-,65?,66+,67-,68-,69+,70+,71+,72-,74+,75+,81?,83-/m0/s1. The normalized spacial score (nSPS) is 26.2. The van der Waals surface area contributed by atoms with E-state index in [1.165, 1.54) is 43.5 Å². The molecular weight excluding hydrogens is 1690 g/mol. The Labute approximate surface area is 719 Å². The smallest absolute Gasteiger partial charge is 0.508 e. The van der Waals surface area contributed by atoms with Crippen molar-refractivity contribution in [2.75, 3.05) is 18.5 Å². The van der Waals surface area contributed by atoms with E-state index >= 15 is 19.2 Å². The number of halogens is 5. The number of aliphatic hydroxyl groups excluding tert-OH is 6. The van der Waals surface area contributed by atoms with Gasteiger partial charge in [0.1, 0.15) is 89.0 Å². The molecule has 8 heterocycles. The van der Waals surface area contributed by atoms with E-state index in [0.29, 0.717) is 6.42 Å². The van der Waals surface area contributed by atoms with Crippen molar-refractivity contribution in [3.8, 4) is 62.9 Å². The molecule has 18 atom stereocenters. The number of alkyl halides is 3. The number of fused-ring (bicyclic) bond motifs is 15. The maximum absolute atomic E-state index is 16.4. The summed E-state index contributed by atoms with van der Waals surface area (Å²) in [6.45, 7) is 7.17. The molecule has 2 saturated heterocycles. The molecule has 14 rings (SSSR count). The Bertz CT molecular complexity index is 5380. The molecule has 6 aromatic carbocycles. The lowest BCUT2D eigenvalue weighted by Gasteiger charge is -2.48. The molecule has 36 nitrogen and oxygen atoms in total. The van der Waals surface area contributed by atoms with Gasteiger partial charge >= 0.3 is 18.0 Å². The Kier molecular flexibility index (Phi) is 28.5. The molecule has 2 unspecified atom stereocenters. The van der Waals surface area contributed by atoms with Crippen molar-refractivity contribution in [3.05, 3.63) is 169 Å². The number of Topliss-reactive ketones (excluding diaryl/α,β-unsaturated/α-hetero) is 2. The van der Waals surface area contributed by atoms with Crippen LogP contribution in [0.1, 0.15) is 137 Å². The quantitative estimate of drug-likeness (QED) is 0.0423. The number of primary amides is 1. The van der Waals surface area contributed by atoms with E-state index in [4.69, 9.17) is 57.4 Å². The number of carboxylic acid groups (broad SMARTS) is 1. The Hall–Kier alpha value is -11.6. The average molecular weight is 1790 g/mol. The monoisotopic (exact) mass is 1780 g/mol. The fourth-order valence-corrected chi connectivity index (χ4v) is 16.2. The van der Waals surface area contributed by atoms with Gasteiger partial charge in [-0.05, 0) is 133 Å². The molecule has 668 valence electrons. The maximum atomic E-state index is 16.4. The summed E-state index contributed by atoms with van der Waals surface area (Å²) < 4.78 is 83.1. The summed E-state index contributed by atoms with van der Waals surface area (Å²) in [5.41, 5.74) is 0.973. The van der Waals surface area contributed by atoms with Gasteiger partial charge in [0.25, 0.3) is 0 Å². The summed E-state index contributed by atoms with van der Waals surface area (Å²) in [4.78, 5) is 149. The molecule has 2 fully saturated rings. The lowest BCUT2D eigenvalue weighted by atomic mass is 9.84. The van der Waals surface area contributed by atoms with Gasteiger partial charge in [-0.2, -0.15) is 4.98 Å². The number of aromatic hydroxyl groups is 3. The van der Waals surface area contributed by atoms with Crippen LogP contribution in [0.4, 0.5) is 19.0 Å². The predicted molar refractivity (Wildman–Crippen MR) is 431 cm³/mol. The number of carbonyl (C=O) groups is 9. The molecule has 41 heteroatoms. The van der Waals surface area contributed by atoms with Crippen LogP contribution in [0.25, 0.3) is 11.1 Å². The number of amides is 6. The van der Waals surface area contributed by atoms with Gasteiger partial charge < -0.3 is 122 Å². The minimum atomic E-state index is -4.99. The highest BCUT2D eigenvalue weighted by Crippen LogP contribution is 2.51. The molecule has 0 spiro atoms. The highest BCUT2D eigenvalue weighted by molar-refractivity contribution is 6.32. The van der Waals surface area contributed by atoms with Gasteiger partial charge in [-0.3, -0.25) is 42.9 Å². The fraction of sp³-hybridized carbons (Fsp3) is 0.417. The molecule has 7 aliphatic rings. The number of carbonyl (C=O) groups excluding carboxylic acids is 8. The molecule has 18 N–H and O–H groups in total. The van der Waals surface area contributed by atoms with Gasteiger partial charge in [-0.25, -0.2) is 9.59 Å². The van der Waals surface area contributed by atoms with E-state index in [1.807, 2.05) is 13.8 Å². The van der Waals surface area contributed by atoms with E-state index < -0.39 is 279 Å². The number of hydrogen-bond donors (Lipinski definition) is 17. The number of rotatable bonds is 21. The number of ether oxygens (including phenoxy) is 7. The number of carboxylic acids is 1. The second-order valence-corrected chi connectivity index (χ2v) is 32.4. The molecule has 7 aromatic rings. The summed E-state index contributed by atoms with van der Waals surface area (Å²) >= 11 is 14.3. The molecule has 125 heavy (non-hydrogen) atoms. The number of hydrogen-bond acceptors (Lipinski definition) is 28. The number of nitrogens with two attached hydrogens (primary N) is 1. The summed E-state index contributed by atoms with van der Waals surface area (Å²) in [6, 6.07) is 11.0. The number of anilines is 1. The zero-order chi connectivity index (χ0) is 90.7. The molecule has 11 bridgehead atoms. The number of aliphatic carboxylic acids is 1. The van der Waals surface area contributed by atoms with Crippen LogP contribution in [0.3, 0.4) is 0 Å². The SMILES string of the molecule is CC[C@H](CC(C)C)C(=O)N[C@H]1C(=O)C[C@@H](CC(N)=O)C(=O)NC2C(=O)C[C@H]3C(=O)N[C@H](C(=O)N[C@@H](C(=O)O)c4cc(O)cc(O)c4-c4cc3ccc4O)[C@H](O)c3ccc(c(Cl)c3)Oc3cc2cc(c3OC2O[C@H](CO)[C@@H](O)[C@H](O)[C@H]2O[C@H]2C[C@](C)(NCCn3ccc(NC(=O)Cc4cccc(OC(F)(F)F)c4)nc3=O)[C@H](O)[C@H](C)O2)Oc2ccc(cc2Cl)[C@H]1O. The van der Waals surface area contributed by atoms with Gasteiger partial charge in [0.2, 0.25) is 47.5 Å². The first kappa shape index (κ1) is 92.6. The highest BCUT2D eigenvalue weighted by atomic mass is 35.5. The van der Waals surface area contributed by atoms with Crippen LogP contribution < -0.4 is 62.3 Å². The summed E-state index contributed by atoms with van der Waals surface area (Å²) in [5.74, 6) is -21.4. The molecule has 0 aliphatic carbocycles. The number of nitrogens with one attached hydrogen (secondary N) is 6. The van der Waals surface area contributed by atoms with Crippen LogP contribution in [0.5, 0.6) is 51.7 Å². The van der Waals surface area contributed by atoms with Crippen LogP contribution in [-0.2, 0) is 70.3 Å². The largest absolute Gasteiger partial charge is 0.573 e. The van der Waals surface area contributed by atoms with Crippen molar-refractivity contribution in [2.45, 2.75) is 190 Å². The zero-order valence-corrected chi connectivity index (χ0v) is 68.7. The van der Waals surface area contributed by atoms with Gasteiger partial charge in [0.05, 0.1) is 47.1 Å². The zero-order valence-electron chi connectivity index (χ0n) is 67.2.